The highest BCUT2D eigenvalue weighted by Crippen LogP contribution is 2.29. The van der Waals surface area contributed by atoms with Crippen molar-refractivity contribution in [3.63, 3.8) is 0 Å². The Bertz CT molecular complexity index is 1130. The Kier molecular flexibility index (Phi) is 7.54. The Morgan fingerprint density at radius 2 is 2.03 bits per heavy atom. The number of aliphatic hydroxyl groups is 1. The van der Waals surface area contributed by atoms with E-state index in [4.69, 9.17) is 14.7 Å². The van der Waals surface area contributed by atoms with E-state index in [1.54, 1.807) is 24.0 Å². The summed E-state index contributed by atoms with van der Waals surface area (Å²) in [5.74, 6) is -0.349. The summed E-state index contributed by atoms with van der Waals surface area (Å²) in [6.07, 6.45) is 1.96. The number of methoxy groups -OCH3 is 1. The van der Waals surface area contributed by atoms with Gasteiger partial charge < -0.3 is 24.9 Å². The molecule has 11 heteroatoms. The molecule has 0 bridgehead atoms. The van der Waals surface area contributed by atoms with E-state index in [2.05, 4.69) is 20.4 Å². The molecule has 2 aliphatic rings. The van der Waals surface area contributed by atoms with Gasteiger partial charge in [0.15, 0.2) is 11.6 Å². The first-order valence-corrected chi connectivity index (χ1v) is 11.5. The van der Waals surface area contributed by atoms with E-state index in [1.807, 2.05) is 0 Å². The predicted octanol–water partition coefficient (Wildman–Crippen LogP) is 1.59. The zero-order valence-corrected chi connectivity index (χ0v) is 19.7. The molecule has 10 nitrogen and oxygen atoms in total. The summed E-state index contributed by atoms with van der Waals surface area (Å²) in [6, 6.07) is 5.97. The quantitative estimate of drug-likeness (QED) is 0.610. The van der Waals surface area contributed by atoms with E-state index < -0.39 is 18.3 Å². The Morgan fingerprint density at radius 3 is 2.74 bits per heavy atom. The number of nitrogens with zero attached hydrogens (tertiary/aromatic N) is 4. The summed E-state index contributed by atoms with van der Waals surface area (Å²) in [5, 5.41) is 16.0. The minimum Gasteiger partial charge on any atom is -0.494 e. The number of oxime groups is 1. The van der Waals surface area contributed by atoms with Crippen molar-refractivity contribution >= 4 is 17.5 Å². The standard InChI is InChI=1S/C24H28FN5O5/c1-14-27-18(19-11-21(35-29-19)16-5-7-30(8-6-16)23(32)13-31)10-20(28-14)24(33)26-12-15-3-4-17(25)22(9-15)34-2/h3-4,9-10,16,21,31H,5-8,11-13H2,1-2H3,(H,26,33)/t21-/m1/s1. The van der Waals surface area contributed by atoms with Crippen molar-refractivity contribution in [2.75, 3.05) is 26.8 Å². The first-order chi connectivity index (χ1) is 16.9. The number of nitrogens with one attached hydrogen (secondary N) is 1. The highest BCUT2D eigenvalue weighted by atomic mass is 19.1. The van der Waals surface area contributed by atoms with Gasteiger partial charge in [0.05, 0.1) is 12.8 Å². The van der Waals surface area contributed by atoms with Gasteiger partial charge in [0.2, 0.25) is 5.91 Å². The van der Waals surface area contributed by atoms with Crippen LogP contribution in [0.2, 0.25) is 0 Å². The Hall–Kier alpha value is -3.60. The third-order valence-corrected chi connectivity index (χ3v) is 6.28. The second-order valence-corrected chi connectivity index (χ2v) is 8.60. The number of amides is 2. The summed E-state index contributed by atoms with van der Waals surface area (Å²) in [7, 11) is 1.38. The van der Waals surface area contributed by atoms with Gasteiger partial charge >= 0.3 is 0 Å². The van der Waals surface area contributed by atoms with Crippen LogP contribution in [0.3, 0.4) is 0 Å². The van der Waals surface area contributed by atoms with Crippen LogP contribution in [0.25, 0.3) is 0 Å². The minimum atomic E-state index is -0.473. The fourth-order valence-electron chi connectivity index (χ4n) is 4.34. The maximum atomic E-state index is 13.6. The fourth-order valence-corrected chi connectivity index (χ4v) is 4.34. The minimum absolute atomic E-state index is 0.108. The van der Waals surface area contributed by atoms with Crippen LogP contribution in [0.15, 0.2) is 29.4 Å². The van der Waals surface area contributed by atoms with E-state index in [-0.39, 0.29) is 35.9 Å². The van der Waals surface area contributed by atoms with Crippen LogP contribution in [-0.2, 0) is 16.2 Å². The van der Waals surface area contributed by atoms with Gasteiger partial charge in [-0.1, -0.05) is 11.2 Å². The second-order valence-electron chi connectivity index (χ2n) is 8.60. The highest BCUT2D eigenvalue weighted by molar-refractivity contribution is 6.01. The molecule has 3 heterocycles. The van der Waals surface area contributed by atoms with Crippen molar-refractivity contribution in [1.29, 1.82) is 0 Å². The van der Waals surface area contributed by atoms with E-state index >= 15 is 0 Å². The summed E-state index contributed by atoms with van der Waals surface area (Å²) in [4.78, 5) is 40.5. The molecule has 2 amide bonds. The summed E-state index contributed by atoms with van der Waals surface area (Å²) in [6.45, 7) is 2.56. The largest absolute Gasteiger partial charge is 0.494 e. The van der Waals surface area contributed by atoms with E-state index in [0.717, 1.165) is 12.8 Å². The monoisotopic (exact) mass is 485 g/mol. The third kappa shape index (κ3) is 5.73. The van der Waals surface area contributed by atoms with Gasteiger partial charge in [0, 0.05) is 32.0 Å². The van der Waals surface area contributed by atoms with Crippen molar-refractivity contribution in [3.05, 3.63) is 52.9 Å². The van der Waals surface area contributed by atoms with Crippen LogP contribution in [0.1, 0.15) is 46.8 Å². The maximum absolute atomic E-state index is 13.6. The molecule has 186 valence electrons. The average molecular weight is 486 g/mol. The number of rotatable bonds is 7. The lowest BCUT2D eigenvalue weighted by Gasteiger charge is -2.33. The number of likely N-dealkylation sites (tertiary alicyclic amines) is 1. The van der Waals surface area contributed by atoms with Gasteiger partial charge in [0.25, 0.3) is 5.91 Å². The molecular weight excluding hydrogens is 457 g/mol. The number of hydrogen-bond acceptors (Lipinski definition) is 8. The molecule has 0 radical (unpaired) electrons. The van der Waals surface area contributed by atoms with Crippen LogP contribution in [0.5, 0.6) is 5.75 Å². The molecule has 1 aromatic carbocycles. The lowest BCUT2D eigenvalue weighted by atomic mass is 9.88. The third-order valence-electron chi connectivity index (χ3n) is 6.28. The van der Waals surface area contributed by atoms with Crippen molar-refractivity contribution in [3.8, 4) is 5.75 Å². The van der Waals surface area contributed by atoms with Crippen molar-refractivity contribution in [2.45, 2.75) is 38.8 Å². The molecule has 35 heavy (non-hydrogen) atoms. The molecular formula is C24H28FN5O5. The summed E-state index contributed by atoms with van der Waals surface area (Å²) in [5.41, 5.74) is 2.06. The zero-order chi connectivity index (χ0) is 24.9. The van der Waals surface area contributed by atoms with Gasteiger partial charge in [-0.05, 0) is 43.5 Å². The normalized spacial score (nSPS) is 18.1. The molecule has 0 spiro atoms. The predicted molar refractivity (Wildman–Crippen MR) is 123 cm³/mol. The number of carbonyl (C=O) groups is 2. The Balaban J connectivity index is 1.37. The van der Waals surface area contributed by atoms with Crippen LogP contribution in [-0.4, -0.2) is 70.4 Å². The first-order valence-electron chi connectivity index (χ1n) is 11.5. The van der Waals surface area contributed by atoms with E-state index in [9.17, 15) is 14.0 Å². The molecule has 0 saturated carbocycles. The molecule has 1 saturated heterocycles. The number of aromatic nitrogens is 2. The SMILES string of the molecule is COc1cc(CNC(=O)c2cc(C3=NO[C@@H](C4CCN(C(=O)CO)CC4)C3)nc(C)n2)ccc1F. The summed E-state index contributed by atoms with van der Waals surface area (Å²) >= 11 is 0. The zero-order valence-electron chi connectivity index (χ0n) is 19.7. The first kappa shape index (κ1) is 24.5. The number of carbonyl (C=O) groups excluding carboxylic acids is 2. The van der Waals surface area contributed by atoms with Gasteiger partial charge in [0.1, 0.15) is 29.9 Å². The molecule has 2 aromatic rings. The van der Waals surface area contributed by atoms with Crippen LogP contribution < -0.4 is 10.1 Å². The second kappa shape index (κ2) is 10.8. The molecule has 1 fully saturated rings. The molecule has 1 aromatic heterocycles. The highest BCUT2D eigenvalue weighted by Gasteiger charge is 2.34. The number of piperidine rings is 1. The van der Waals surface area contributed by atoms with Gasteiger partial charge in [-0.25, -0.2) is 14.4 Å². The average Bonchev–Trinajstić information content (AvgIpc) is 3.38. The van der Waals surface area contributed by atoms with Crippen molar-refractivity contribution < 1.29 is 28.7 Å². The maximum Gasteiger partial charge on any atom is 0.270 e. The molecule has 2 N–H and O–H groups in total. The van der Waals surface area contributed by atoms with Crippen LogP contribution in [0, 0.1) is 18.7 Å². The number of benzene rings is 1. The van der Waals surface area contributed by atoms with Gasteiger partial charge in [-0.15, -0.1) is 0 Å². The van der Waals surface area contributed by atoms with Crippen molar-refractivity contribution in [2.24, 2.45) is 11.1 Å². The van der Waals surface area contributed by atoms with Crippen LogP contribution in [0.4, 0.5) is 4.39 Å². The smallest absolute Gasteiger partial charge is 0.270 e. The molecule has 1 atom stereocenters. The fraction of sp³-hybridized carbons (Fsp3) is 0.458. The Morgan fingerprint density at radius 1 is 1.26 bits per heavy atom. The van der Waals surface area contributed by atoms with E-state index in [1.165, 1.54) is 19.2 Å². The number of halogens is 1. The Labute approximate surface area is 202 Å². The van der Waals surface area contributed by atoms with Crippen LogP contribution >= 0.6 is 0 Å². The lowest BCUT2D eigenvalue weighted by Crippen LogP contribution is -2.42. The number of aryl methyl sites for hydroxylation is 1. The molecule has 2 aliphatic heterocycles. The summed E-state index contributed by atoms with van der Waals surface area (Å²) < 4.78 is 18.6. The van der Waals surface area contributed by atoms with Gasteiger partial charge in [-0.3, -0.25) is 9.59 Å². The van der Waals surface area contributed by atoms with Crippen molar-refractivity contribution in [1.82, 2.24) is 20.2 Å². The number of aliphatic hydroxyl groups excluding tert-OH is 1. The van der Waals surface area contributed by atoms with Gasteiger partial charge in [-0.2, -0.15) is 0 Å². The molecule has 4 rings (SSSR count). The molecule has 0 unspecified atom stereocenters. The number of hydrogen-bond donors (Lipinski definition) is 2. The van der Waals surface area contributed by atoms with E-state index in [0.29, 0.717) is 42.3 Å². The lowest BCUT2D eigenvalue weighted by molar-refractivity contribution is -0.136. The number of ether oxygens (including phenoxy) is 1. The molecule has 0 aliphatic carbocycles. The topological polar surface area (TPSA) is 126 Å².